The molecule has 2 aromatic heterocycles. The molecule has 2 heterocycles. The van der Waals surface area contributed by atoms with E-state index in [9.17, 15) is 5.11 Å². The summed E-state index contributed by atoms with van der Waals surface area (Å²) in [7, 11) is 0. The summed E-state index contributed by atoms with van der Waals surface area (Å²) in [4.78, 5) is 6.47. The van der Waals surface area contributed by atoms with Gasteiger partial charge in [-0.05, 0) is 31.2 Å². The Hall–Kier alpha value is -2.14. The maximum atomic E-state index is 9.42. The molecule has 0 amide bonds. The van der Waals surface area contributed by atoms with Crippen LogP contribution in [0.25, 0.3) is 22.2 Å². The summed E-state index contributed by atoms with van der Waals surface area (Å²) >= 11 is 1.61. The van der Waals surface area contributed by atoms with Gasteiger partial charge in [-0.25, -0.2) is 0 Å². The monoisotopic (exact) mass is 258 g/mol. The summed E-state index contributed by atoms with van der Waals surface area (Å²) in [5.41, 5.74) is 0.735. The van der Waals surface area contributed by atoms with Crippen molar-refractivity contribution >= 4 is 11.3 Å². The molecule has 3 aromatic rings. The van der Waals surface area contributed by atoms with Gasteiger partial charge in [0.05, 0.1) is 4.88 Å². The molecule has 1 N–H and O–H groups in total. The normalized spacial score (nSPS) is 10.7. The molecule has 0 bridgehead atoms. The number of phenolic OH excluding ortho intramolecular Hbond substituents is 1. The van der Waals surface area contributed by atoms with E-state index in [-0.39, 0.29) is 5.75 Å². The molecule has 4 nitrogen and oxygen atoms in total. The summed E-state index contributed by atoms with van der Waals surface area (Å²) in [6, 6.07) is 10.8. The molecule has 5 heteroatoms. The first kappa shape index (κ1) is 11.0. The fraction of sp³-hybridized carbons (Fsp3) is 0.0769. The highest BCUT2D eigenvalue weighted by Gasteiger charge is 2.12. The van der Waals surface area contributed by atoms with E-state index < -0.39 is 0 Å². The second kappa shape index (κ2) is 4.27. The van der Waals surface area contributed by atoms with Crippen molar-refractivity contribution < 1.29 is 9.63 Å². The van der Waals surface area contributed by atoms with Crippen LogP contribution >= 0.6 is 11.3 Å². The molecule has 0 fully saturated rings. The first-order valence-corrected chi connectivity index (χ1v) is 6.24. The van der Waals surface area contributed by atoms with Gasteiger partial charge in [0.2, 0.25) is 5.82 Å². The highest BCUT2D eigenvalue weighted by Crippen LogP contribution is 2.28. The van der Waals surface area contributed by atoms with Crippen LogP contribution in [0.4, 0.5) is 0 Å². The molecular formula is C13H10N2O2S. The first-order chi connectivity index (χ1) is 8.72. The van der Waals surface area contributed by atoms with Crippen molar-refractivity contribution in [3.63, 3.8) is 0 Å². The number of thiophene rings is 1. The largest absolute Gasteiger partial charge is 0.508 e. The Morgan fingerprint density at radius 3 is 2.83 bits per heavy atom. The molecule has 3 rings (SSSR count). The van der Waals surface area contributed by atoms with E-state index in [0.717, 1.165) is 10.4 Å². The number of aryl methyl sites for hydroxylation is 1. The summed E-state index contributed by atoms with van der Waals surface area (Å²) in [6.07, 6.45) is 0. The molecule has 0 aliphatic rings. The van der Waals surface area contributed by atoms with Gasteiger partial charge < -0.3 is 9.63 Å². The number of nitrogens with zero attached hydrogens (tertiary/aromatic N) is 2. The van der Waals surface area contributed by atoms with Crippen molar-refractivity contribution in [2.45, 2.75) is 6.92 Å². The van der Waals surface area contributed by atoms with Crippen LogP contribution in [0.15, 0.2) is 40.9 Å². The lowest BCUT2D eigenvalue weighted by atomic mass is 10.2. The van der Waals surface area contributed by atoms with Gasteiger partial charge in [-0.3, -0.25) is 0 Å². The quantitative estimate of drug-likeness (QED) is 0.764. The minimum absolute atomic E-state index is 0.186. The molecule has 18 heavy (non-hydrogen) atoms. The minimum atomic E-state index is 0.186. The zero-order valence-electron chi connectivity index (χ0n) is 9.62. The van der Waals surface area contributed by atoms with Gasteiger partial charge in [0.15, 0.2) is 0 Å². The molecular weight excluding hydrogens is 248 g/mol. The number of benzene rings is 1. The Kier molecular flexibility index (Phi) is 2.60. The van der Waals surface area contributed by atoms with Crippen LogP contribution in [0, 0.1) is 6.92 Å². The van der Waals surface area contributed by atoms with Crippen LogP contribution < -0.4 is 0 Å². The molecule has 0 atom stereocenters. The average molecular weight is 258 g/mol. The van der Waals surface area contributed by atoms with Gasteiger partial charge >= 0.3 is 0 Å². The van der Waals surface area contributed by atoms with Gasteiger partial charge in [-0.15, -0.1) is 11.3 Å². The molecule has 1 aromatic carbocycles. The van der Waals surface area contributed by atoms with Gasteiger partial charge in [0, 0.05) is 10.4 Å². The Balaban J connectivity index is 1.99. The lowest BCUT2D eigenvalue weighted by Crippen LogP contribution is -1.79. The van der Waals surface area contributed by atoms with Crippen LogP contribution in [0.2, 0.25) is 0 Å². The second-order valence-corrected chi connectivity index (χ2v) is 5.17. The van der Waals surface area contributed by atoms with Crippen molar-refractivity contribution in [2.24, 2.45) is 0 Å². The average Bonchev–Trinajstić information content (AvgIpc) is 2.97. The predicted molar refractivity (Wildman–Crippen MR) is 69.4 cm³/mol. The van der Waals surface area contributed by atoms with Crippen molar-refractivity contribution in [1.29, 1.82) is 0 Å². The maximum Gasteiger partial charge on any atom is 0.268 e. The molecule has 0 saturated heterocycles. The van der Waals surface area contributed by atoms with Crippen molar-refractivity contribution in [3.8, 4) is 27.9 Å². The molecule has 0 aliphatic heterocycles. The summed E-state index contributed by atoms with van der Waals surface area (Å²) in [6.45, 7) is 2.03. The number of aromatic hydroxyl groups is 1. The van der Waals surface area contributed by atoms with Crippen LogP contribution in [0.3, 0.4) is 0 Å². The standard InChI is InChI=1S/C13H10N2O2S/c1-8-5-6-11(18-8)13-14-12(15-17-13)9-3-2-4-10(16)7-9/h2-7,16H,1H3. The lowest BCUT2D eigenvalue weighted by molar-refractivity contribution is 0.433. The van der Waals surface area contributed by atoms with Crippen molar-refractivity contribution in [1.82, 2.24) is 10.1 Å². The van der Waals surface area contributed by atoms with E-state index in [1.54, 1.807) is 29.5 Å². The minimum Gasteiger partial charge on any atom is -0.508 e. The van der Waals surface area contributed by atoms with Crippen molar-refractivity contribution in [3.05, 3.63) is 41.3 Å². The van der Waals surface area contributed by atoms with E-state index in [2.05, 4.69) is 10.1 Å². The second-order valence-electron chi connectivity index (χ2n) is 3.88. The van der Waals surface area contributed by atoms with Crippen LogP contribution in [-0.2, 0) is 0 Å². The van der Waals surface area contributed by atoms with Gasteiger partial charge in [-0.1, -0.05) is 17.3 Å². The highest BCUT2D eigenvalue weighted by molar-refractivity contribution is 7.15. The van der Waals surface area contributed by atoms with Crippen LogP contribution in [-0.4, -0.2) is 15.2 Å². The number of rotatable bonds is 2. The van der Waals surface area contributed by atoms with Gasteiger partial charge in [0.25, 0.3) is 5.89 Å². The third kappa shape index (κ3) is 2.00. The van der Waals surface area contributed by atoms with E-state index in [0.29, 0.717) is 11.7 Å². The number of hydrogen-bond donors (Lipinski definition) is 1. The summed E-state index contributed by atoms with van der Waals surface area (Å²) < 4.78 is 5.23. The summed E-state index contributed by atoms with van der Waals surface area (Å²) in [5.74, 6) is 1.17. The molecule has 0 spiro atoms. The predicted octanol–water partition coefficient (Wildman–Crippen LogP) is 3.48. The van der Waals surface area contributed by atoms with E-state index in [1.165, 1.54) is 4.88 Å². The number of hydrogen-bond acceptors (Lipinski definition) is 5. The van der Waals surface area contributed by atoms with E-state index in [1.807, 2.05) is 25.1 Å². The van der Waals surface area contributed by atoms with E-state index in [4.69, 9.17) is 4.52 Å². The SMILES string of the molecule is Cc1ccc(-c2nc(-c3cccc(O)c3)no2)s1. The Morgan fingerprint density at radius 1 is 1.22 bits per heavy atom. The fourth-order valence-electron chi connectivity index (χ4n) is 1.64. The first-order valence-electron chi connectivity index (χ1n) is 5.42. The number of aromatic nitrogens is 2. The van der Waals surface area contributed by atoms with Crippen LogP contribution in [0.1, 0.15) is 4.88 Å². The molecule has 0 radical (unpaired) electrons. The number of phenols is 1. The zero-order chi connectivity index (χ0) is 12.5. The van der Waals surface area contributed by atoms with Crippen LogP contribution in [0.5, 0.6) is 5.75 Å². The van der Waals surface area contributed by atoms with E-state index >= 15 is 0 Å². The lowest BCUT2D eigenvalue weighted by Gasteiger charge is -1.94. The molecule has 0 saturated carbocycles. The zero-order valence-corrected chi connectivity index (χ0v) is 10.4. The maximum absolute atomic E-state index is 9.42. The third-order valence-electron chi connectivity index (χ3n) is 2.48. The van der Waals surface area contributed by atoms with Crippen molar-refractivity contribution in [2.75, 3.05) is 0 Å². The van der Waals surface area contributed by atoms with Gasteiger partial charge in [0.1, 0.15) is 5.75 Å². The molecule has 0 unspecified atom stereocenters. The fourth-order valence-corrected chi connectivity index (χ4v) is 2.42. The topological polar surface area (TPSA) is 59.2 Å². The highest BCUT2D eigenvalue weighted by atomic mass is 32.1. The molecule has 90 valence electrons. The summed E-state index contributed by atoms with van der Waals surface area (Å²) in [5, 5.41) is 13.3. The molecule has 0 aliphatic carbocycles. The Bertz CT molecular complexity index is 688. The van der Waals surface area contributed by atoms with Gasteiger partial charge in [-0.2, -0.15) is 4.98 Å². The smallest absolute Gasteiger partial charge is 0.268 e. The Labute approximate surface area is 108 Å². The third-order valence-corrected chi connectivity index (χ3v) is 3.47. The Morgan fingerprint density at radius 2 is 2.11 bits per heavy atom.